The van der Waals surface area contributed by atoms with Gasteiger partial charge in [0.25, 0.3) is 5.91 Å². The van der Waals surface area contributed by atoms with E-state index in [9.17, 15) is 9.59 Å². The minimum absolute atomic E-state index is 0.291. The molecule has 28 heavy (non-hydrogen) atoms. The van der Waals surface area contributed by atoms with E-state index in [0.29, 0.717) is 27.9 Å². The molecule has 148 valence electrons. The summed E-state index contributed by atoms with van der Waals surface area (Å²) in [6.07, 6.45) is 0. The molecule has 1 unspecified atom stereocenters. The molecule has 9 heteroatoms. The number of ether oxygens (including phenoxy) is 2. The normalized spacial score (nSPS) is 11.9. The first-order valence-corrected chi connectivity index (χ1v) is 8.90. The van der Waals surface area contributed by atoms with Crippen LogP contribution in [0, 0.1) is 6.92 Å². The molecule has 0 aliphatic carbocycles. The molecule has 0 aliphatic heterocycles. The summed E-state index contributed by atoms with van der Waals surface area (Å²) in [7, 11) is 2.95. The third-order valence-electron chi connectivity index (χ3n) is 3.87. The van der Waals surface area contributed by atoms with E-state index in [0.717, 1.165) is 9.98 Å². The minimum atomic E-state index is -1.42. The van der Waals surface area contributed by atoms with Crippen LogP contribution in [-0.2, 0) is 9.59 Å². The van der Waals surface area contributed by atoms with Crippen molar-refractivity contribution >= 4 is 46.4 Å². The third-order valence-corrected chi connectivity index (χ3v) is 4.53. The highest BCUT2D eigenvalue weighted by atomic mass is 35.5. The van der Waals surface area contributed by atoms with Gasteiger partial charge < -0.3 is 9.47 Å². The van der Waals surface area contributed by atoms with Crippen LogP contribution >= 0.6 is 23.4 Å². The Bertz CT molecular complexity index is 898. The van der Waals surface area contributed by atoms with Crippen molar-refractivity contribution in [3.8, 4) is 11.5 Å². The maximum atomic E-state index is 12.7. The number of azo groups is 1. The number of carbonyl (C=O) groups excluding carboxylic acids is 2. The first-order chi connectivity index (χ1) is 13.3. The number of anilines is 1. The Morgan fingerprint density at radius 2 is 1.79 bits per heavy atom. The Kier molecular flexibility index (Phi) is 7.37. The number of Topliss-reactive ketones (excluding diaryl/α,β-unsaturated/α-hetero) is 1. The summed E-state index contributed by atoms with van der Waals surface area (Å²) in [6.45, 7) is 3.03. The van der Waals surface area contributed by atoms with Crippen LogP contribution in [0.1, 0.15) is 12.5 Å². The zero-order chi connectivity index (χ0) is 20.8. The zero-order valence-electron chi connectivity index (χ0n) is 15.8. The predicted molar refractivity (Wildman–Crippen MR) is 108 cm³/mol. The van der Waals surface area contributed by atoms with E-state index in [1.165, 1.54) is 27.2 Å². The maximum Gasteiger partial charge on any atom is 0.276 e. The molecule has 7 nitrogen and oxygen atoms in total. The molecule has 1 amide bonds. The lowest BCUT2D eigenvalue weighted by molar-refractivity contribution is -0.126. The number of halogens is 2. The van der Waals surface area contributed by atoms with Gasteiger partial charge in [-0.3, -0.25) is 9.59 Å². The SMILES string of the molecule is COc1ccc(N(Cl)C(=O)C(N=Nc2c(C)cccc2Cl)C(C)=O)cc1OC. The van der Waals surface area contributed by atoms with Gasteiger partial charge >= 0.3 is 0 Å². The number of amides is 1. The molecule has 0 spiro atoms. The number of carbonyl (C=O) groups is 2. The average molecular weight is 424 g/mol. The zero-order valence-corrected chi connectivity index (χ0v) is 17.3. The van der Waals surface area contributed by atoms with Crippen molar-refractivity contribution in [1.29, 1.82) is 0 Å². The maximum absolute atomic E-state index is 12.7. The Hall–Kier alpha value is -2.64. The lowest BCUT2D eigenvalue weighted by atomic mass is 10.2. The van der Waals surface area contributed by atoms with Crippen LogP contribution in [0.2, 0.25) is 5.02 Å². The second-order valence-corrected chi connectivity index (χ2v) is 6.54. The fraction of sp³-hybridized carbons (Fsp3) is 0.263. The van der Waals surface area contributed by atoms with Gasteiger partial charge in [-0.15, -0.1) is 0 Å². The Labute approximate surface area is 173 Å². The van der Waals surface area contributed by atoms with Gasteiger partial charge in [-0.05, 0) is 37.6 Å². The highest BCUT2D eigenvalue weighted by Gasteiger charge is 2.29. The predicted octanol–water partition coefficient (Wildman–Crippen LogP) is 4.89. The highest BCUT2D eigenvalue weighted by molar-refractivity contribution is 6.39. The minimum Gasteiger partial charge on any atom is -0.493 e. The molecule has 0 radical (unpaired) electrons. The topological polar surface area (TPSA) is 80.6 Å². The summed E-state index contributed by atoms with van der Waals surface area (Å²) in [5, 5.41) is 8.27. The molecule has 0 heterocycles. The number of aryl methyl sites for hydroxylation is 1. The first kappa shape index (κ1) is 21.7. The summed E-state index contributed by atoms with van der Waals surface area (Å²) >= 11 is 12.3. The fourth-order valence-electron chi connectivity index (χ4n) is 2.35. The van der Waals surface area contributed by atoms with Crippen LogP contribution in [0.15, 0.2) is 46.6 Å². The molecule has 2 aromatic carbocycles. The number of hydrogen-bond acceptors (Lipinski definition) is 6. The van der Waals surface area contributed by atoms with Crippen molar-refractivity contribution < 1.29 is 19.1 Å². The van der Waals surface area contributed by atoms with Gasteiger partial charge in [0.15, 0.2) is 17.3 Å². The standard InChI is InChI=1S/C19H19Cl2N3O4/c1-11-6-5-7-14(20)17(11)22-23-18(12(2)25)19(26)24(21)13-8-9-15(27-3)16(10-13)28-4/h5-10,18H,1-4H3. The van der Waals surface area contributed by atoms with Gasteiger partial charge in [0.1, 0.15) is 5.69 Å². The lowest BCUT2D eigenvalue weighted by Crippen LogP contribution is -2.36. The van der Waals surface area contributed by atoms with Gasteiger partial charge in [-0.2, -0.15) is 10.2 Å². The van der Waals surface area contributed by atoms with Gasteiger partial charge in [0, 0.05) is 17.8 Å². The summed E-state index contributed by atoms with van der Waals surface area (Å²) in [6, 6.07) is 8.44. The molecular formula is C19H19Cl2N3O4. The summed E-state index contributed by atoms with van der Waals surface area (Å²) < 4.78 is 11.2. The molecule has 0 bridgehead atoms. The molecule has 0 saturated carbocycles. The molecule has 0 fully saturated rings. The molecular weight excluding hydrogens is 405 g/mol. The van der Waals surface area contributed by atoms with Crippen molar-refractivity contribution in [3.63, 3.8) is 0 Å². The number of nitrogens with zero attached hydrogens (tertiary/aromatic N) is 3. The van der Waals surface area contributed by atoms with E-state index in [4.69, 9.17) is 32.9 Å². The summed E-state index contributed by atoms with van der Waals surface area (Å²) in [5.41, 5.74) is 1.43. The summed E-state index contributed by atoms with van der Waals surface area (Å²) in [4.78, 5) is 24.7. The number of benzene rings is 2. The van der Waals surface area contributed by atoms with Crippen molar-refractivity contribution in [1.82, 2.24) is 0 Å². The summed E-state index contributed by atoms with van der Waals surface area (Å²) in [5.74, 6) is -0.411. The largest absolute Gasteiger partial charge is 0.493 e. The van der Waals surface area contributed by atoms with Crippen molar-refractivity contribution in [2.75, 3.05) is 18.6 Å². The lowest BCUT2D eigenvalue weighted by Gasteiger charge is -2.18. The fourth-order valence-corrected chi connectivity index (χ4v) is 2.81. The first-order valence-electron chi connectivity index (χ1n) is 8.18. The Morgan fingerprint density at radius 1 is 1.11 bits per heavy atom. The van der Waals surface area contributed by atoms with Crippen LogP contribution in [-0.4, -0.2) is 32.0 Å². The van der Waals surface area contributed by atoms with Crippen LogP contribution in [0.3, 0.4) is 0 Å². The van der Waals surface area contributed by atoms with E-state index < -0.39 is 17.7 Å². The third kappa shape index (κ3) is 4.79. The van der Waals surface area contributed by atoms with Gasteiger partial charge in [-0.1, -0.05) is 23.7 Å². The average Bonchev–Trinajstić information content (AvgIpc) is 2.68. The van der Waals surface area contributed by atoms with Crippen LogP contribution in [0.5, 0.6) is 11.5 Å². The highest BCUT2D eigenvalue weighted by Crippen LogP contribution is 2.33. The van der Waals surface area contributed by atoms with Crippen molar-refractivity contribution in [2.45, 2.75) is 19.9 Å². The molecule has 0 aromatic heterocycles. The Morgan fingerprint density at radius 3 is 2.36 bits per heavy atom. The van der Waals surface area contributed by atoms with Gasteiger partial charge in [0.05, 0.1) is 24.9 Å². The van der Waals surface area contributed by atoms with Crippen LogP contribution in [0.4, 0.5) is 11.4 Å². The molecule has 0 saturated heterocycles. The smallest absolute Gasteiger partial charge is 0.276 e. The van der Waals surface area contributed by atoms with Crippen LogP contribution < -0.4 is 13.9 Å². The monoisotopic (exact) mass is 423 g/mol. The molecule has 0 N–H and O–H groups in total. The van der Waals surface area contributed by atoms with E-state index in [1.54, 1.807) is 37.3 Å². The molecule has 2 aromatic rings. The Balaban J connectivity index is 2.32. The van der Waals surface area contributed by atoms with Crippen molar-refractivity contribution in [3.05, 3.63) is 47.0 Å². The van der Waals surface area contributed by atoms with E-state index in [2.05, 4.69) is 10.2 Å². The second-order valence-electron chi connectivity index (χ2n) is 5.79. The van der Waals surface area contributed by atoms with Crippen molar-refractivity contribution in [2.24, 2.45) is 10.2 Å². The van der Waals surface area contributed by atoms with E-state index >= 15 is 0 Å². The number of methoxy groups -OCH3 is 2. The number of ketones is 1. The second kappa shape index (κ2) is 9.52. The van der Waals surface area contributed by atoms with E-state index in [-0.39, 0.29) is 0 Å². The van der Waals surface area contributed by atoms with Gasteiger partial charge in [0.2, 0.25) is 6.04 Å². The molecule has 2 rings (SSSR count). The number of rotatable bonds is 7. The molecule has 0 aliphatic rings. The number of hydrogen-bond donors (Lipinski definition) is 0. The molecule has 1 atom stereocenters. The quantitative estimate of drug-likeness (QED) is 0.360. The van der Waals surface area contributed by atoms with Crippen LogP contribution in [0.25, 0.3) is 0 Å². The van der Waals surface area contributed by atoms with E-state index in [1.807, 2.05) is 0 Å². The van der Waals surface area contributed by atoms with Gasteiger partial charge in [-0.25, -0.2) is 4.42 Å².